The Bertz CT molecular complexity index is 1050. The van der Waals surface area contributed by atoms with E-state index in [1.54, 1.807) is 24.3 Å². The smallest absolute Gasteiger partial charge is 0.274 e. The topological polar surface area (TPSA) is 73.2 Å². The molecule has 1 amide bonds. The van der Waals surface area contributed by atoms with Crippen molar-refractivity contribution in [3.05, 3.63) is 75.7 Å². The van der Waals surface area contributed by atoms with E-state index >= 15 is 0 Å². The molecule has 2 aromatic carbocycles. The van der Waals surface area contributed by atoms with Crippen LogP contribution in [0.3, 0.4) is 0 Å². The van der Waals surface area contributed by atoms with Gasteiger partial charge >= 0.3 is 0 Å². The Morgan fingerprint density at radius 1 is 1.15 bits per heavy atom. The van der Waals surface area contributed by atoms with E-state index in [9.17, 15) is 18.4 Å². The molecule has 1 aromatic heterocycles. The summed E-state index contributed by atoms with van der Waals surface area (Å²) in [4.78, 5) is 24.7. The summed E-state index contributed by atoms with van der Waals surface area (Å²) in [6.07, 6.45) is 0. The number of carbonyl (C=O) groups excluding carboxylic acids is 1. The van der Waals surface area contributed by atoms with Gasteiger partial charge in [-0.05, 0) is 24.3 Å². The summed E-state index contributed by atoms with van der Waals surface area (Å²) in [5.41, 5.74) is 0.224. The Labute approximate surface area is 153 Å². The van der Waals surface area contributed by atoms with Crippen molar-refractivity contribution in [3.8, 4) is 0 Å². The Morgan fingerprint density at radius 3 is 2.59 bits per heavy atom. The predicted octanol–water partition coefficient (Wildman–Crippen LogP) is 2.25. The summed E-state index contributed by atoms with van der Waals surface area (Å²) in [5.74, 6) is -2.70. The second-order valence-corrected chi connectivity index (χ2v) is 5.82. The maximum absolute atomic E-state index is 13.3. The fraction of sp³-hybridized carbons (Fsp3) is 0.211. The molecule has 0 bridgehead atoms. The average molecular weight is 373 g/mol. The van der Waals surface area contributed by atoms with Crippen molar-refractivity contribution in [2.24, 2.45) is 0 Å². The second kappa shape index (κ2) is 8.05. The number of benzene rings is 2. The zero-order valence-corrected chi connectivity index (χ0v) is 14.5. The van der Waals surface area contributed by atoms with Gasteiger partial charge in [0.15, 0.2) is 11.6 Å². The van der Waals surface area contributed by atoms with Crippen LogP contribution in [0.1, 0.15) is 16.1 Å². The number of carbonyl (C=O) groups is 1. The molecule has 0 spiro atoms. The normalized spacial score (nSPS) is 10.9. The largest absolute Gasteiger partial charge is 0.383 e. The number of hydrogen-bond donors (Lipinski definition) is 1. The highest BCUT2D eigenvalue weighted by atomic mass is 19.2. The molecule has 1 heterocycles. The summed E-state index contributed by atoms with van der Waals surface area (Å²) in [7, 11) is 1.52. The number of rotatable bonds is 6. The molecule has 6 nitrogen and oxygen atoms in total. The third-order valence-electron chi connectivity index (χ3n) is 4.05. The van der Waals surface area contributed by atoms with Crippen LogP contribution >= 0.6 is 0 Å². The zero-order chi connectivity index (χ0) is 19.4. The van der Waals surface area contributed by atoms with Crippen LogP contribution in [0.25, 0.3) is 10.8 Å². The first-order chi connectivity index (χ1) is 13.0. The lowest BCUT2D eigenvalue weighted by Gasteiger charge is -2.12. The van der Waals surface area contributed by atoms with E-state index in [4.69, 9.17) is 4.74 Å². The standard InChI is InChI=1S/C19H17F2N3O3/c1-27-9-8-24-19(26)14-5-3-2-4-13(14)17(23-24)11-22-18(25)12-6-7-15(20)16(21)10-12/h2-7,10H,8-9,11H2,1H3,(H,22,25). The van der Waals surface area contributed by atoms with Crippen LogP contribution in [-0.4, -0.2) is 29.4 Å². The number of fused-ring (bicyclic) bond motifs is 1. The number of methoxy groups -OCH3 is 1. The number of ether oxygens (including phenoxy) is 1. The molecule has 0 aliphatic rings. The van der Waals surface area contributed by atoms with Crippen LogP contribution in [-0.2, 0) is 17.8 Å². The lowest BCUT2D eigenvalue weighted by atomic mass is 10.1. The van der Waals surface area contributed by atoms with Crippen LogP contribution in [0.4, 0.5) is 8.78 Å². The molecular formula is C19H17F2N3O3. The number of hydrogen-bond acceptors (Lipinski definition) is 4. The van der Waals surface area contributed by atoms with Gasteiger partial charge in [-0.25, -0.2) is 13.5 Å². The molecule has 140 valence electrons. The van der Waals surface area contributed by atoms with Gasteiger partial charge in [0.25, 0.3) is 11.5 Å². The number of nitrogens with one attached hydrogen (secondary N) is 1. The van der Waals surface area contributed by atoms with Crippen LogP contribution in [0, 0.1) is 11.6 Å². The van der Waals surface area contributed by atoms with Crippen LogP contribution in [0.5, 0.6) is 0 Å². The predicted molar refractivity (Wildman–Crippen MR) is 95.4 cm³/mol. The van der Waals surface area contributed by atoms with Gasteiger partial charge < -0.3 is 10.1 Å². The Morgan fingerprint density at radius 2 is 1.89 bits per heavy atom. The van der Waals surface area contributed by atoms with Gasteiger partial charge in [-0.1, -0.05) is 18.2 Å². The van der Waals surface area contributed by atoms with Crippen LogP contribution in [0.15, 0.2) is 47.3 Å². The van der Waals surface area contributed by atoms with Crippen molar-refractivity contribution in [2.75, 3.05) is 13.7 Å². The lowest BCUT2D eigenvalue weighted by molar-refractivity contribution is 0.0949. The van der Waals surface area contributed by atoms with Crippen molar-refractivity contribution < 1.29 is 18.3 Å². The lowest BCUT2D eigenvalue weighted by Crippen LogP contribution is -2.29. The highest BCUT2D eigenvalue weighted by Crippen LogP contribution is 2.14. The first-order valence-corrected chi connectivity index (χ1v) is 8.22. The number of aromatic nitrogens is 2. The fourth-order valence-electron chi connectivity index (χ4n) is 2.67. The van der Waals surface area contributed by atoms with E-state index in [0.29, 0.717) is 23.1 Å². The van der Waals surface area contributed by atoms with E-state index in [2.05, 4.69) is 10.4 Å². The molecule has 8 heteroatoms. The number of amides is 1. The summed E-state index contributed by atoms with van der Waals surface area (Å²) < 4.78 is 32.6. The molecule has 3 aromatic rings. The molecule has 27 heavy (non-hydrogen) atoms. The number of nitrogens with zero attached hydrogens (tertiary/aromatic N) is 2. The van der Waals surface area contributed by atoms with Gasteiger partial charge in [0.1, 0.15) is 0 Å². The van der Waals surface area contributed by atoms with E-state index in [-0.39, 0.29) is 24.2 Å². The van der Waals surface area contributed by atoms with Crippen molar-refractivity contribution in [1.29, 1.82) is 0 Å². The van der Waals surface area contributed by atoms with E-state index in [1.807, 2.05) is 0 Å². The minimum Gasteiger partial charge on any atom is -0.383 e. The second-order valence-electron chi connectivity index (χ2n) is 5.82. The zero-order valence-electron chi connectivity index (χ0n) is 14.5. The van der Waals surface area contributed by atoms with Crippen molar-refractivity contribution in [3.63, 3.8) is 0 Å². The third-order valence-corrected chi connectivity index (χ3v) is 4.05. The third kappa shape index (κ3) is 4.01. The molecule has 3 rings (SSSR count). The van der Waals surface area contributed by atoms with Gasteiger partial charge in [-0.3, -0.25) is 9.59 Å². The monoisotopic (exact) mass is 373 g/mol. The summed E-state index contributed by atoms with van der Waals surface area (Å²) in [6, 6.07) is 9.85. The van der Waals surface area contributed by atoms with Crippen LogP contribution < -0.4 is 10.9 Å². The maximum Gasteiger partial charge on any atom is 0.274 e. The van der Waals surface area contributed by atoms with Gasteiger partial charge in [-0.15, -0.1) is 0 Å². The fourth-order valence-corrected chi connectivity index (χ4v) is 2.67. The molecule has 0 aliphatic heterocycles. The summed E-state index contributed by atoms with van der Waals surface area (Å²) >= 11 is 0. The van der Waals surface area contributed by atoms with E-state index in [0.717, 1.165) is 12.1 Å². The molecule has 0 saturated carbocycles. The molecule has 0 aliphatic carbocycles. The van der Waals surface area contributed by atoms with Gasteiger partial charge in [0, 0.05) is 18.1 Å². The molecule has 1 N–H and O–H groups in total. The van der Waals surface area contributed by atoms with E-state index < -0.39 is 17.5 Å². The maximum atomic E-state index is 13.3. The first kappa shape index (κ1) is 18.7. The minimum absolute atomic E-state index is 0.00842. The molecule has 0 fully saturated rings. The Balaban J connectivity index is 1.89. The summed E-state index contributed by atoms with van der Waals surface area (Å²) in [5, 5.41) is 8.02. The van der Waals surface area contributed by atoms with Gasteiger partial charge in [-0.2, -0.15) is 5.10 Å². The minimum atomic E-state index is -1.10. The Kier molecular flexibility index (Phi) is 5.56. The molecular weight excluding hydrogens is 356 g/mol. The Hall–Kier alpha value is -3.13. The van der Waals surface area contributed by atoms with E-state index in [1.165, 1.54) is 17.9 Å². The van der Waals surface area contributed by atoms with Gasteiger partial charge in [0.05, 0.1) is 30.8 Å². The summed E-state index contributed by atoms with van der Waals surface area (Å²) in [6.45, 7) is 0.599. The van der Waals surface area contributed by atoms with Crippen molar-refractivity contribution in [2.45, 2.75) is 13.1 Å². The number of halogens is 2. The SMILES string of the molecule is COCCn1nc(CNC(=O)c2ccc(F)c(F)c2)c2ccccc2c1=O. The molecule has 0 unspecified atom stereocenters. The van der Waals surface area contributed by atoms with Crippen molar-refractivity contribution >= 4 is 16.7 Å². The van der Waals surface area contributed by atoms with Gasteiger partial charge in [0.2, 0.25) is 0 Å². The molecule has 0 saturated heterocycles. The average Bonchev–Trinajstić information content (AvgIpc) is 2.68. The van der Waals surface area contributed by atoms with Crippen molar-refractivity contribution in [1.82, 2.24) is 15.1 Å². The van der Waals surface area contributed by atoms with Crippen LogP contribution in [0.2, 0.25) is 0 Å². The first-order valence-electron chi connectivity index (χ1n) is 8.22. The molecule has 0 atom stereocenters. The molecule has 0 radical (unpaired) electrons. The highest BCUT2D eigenvalue weighted by Gasteiger charge is 2.13. The highest BCUT2D eigenvalue weighted by molar-refractivity contribution is 5.94. The quantitative estimate of drug-likeness (QED) is 0.719.